The monoisotopic (exact) mass is 854 g/mol. The second-order valence-electron chi connectivity index (χ2n) is 16.5. The summed E-state index contributed by atoms with van der Waals surface area (Å²) in [7, 11) is 0. The van der Waals surface area contributed by atoms with Crippen molar-refractivity contribution in [3.05, 3.63) is 187 Å². The molecule has 1 N–H and O–H groups in total. The van der Waals surface area contributed by atoms with Gasteiger partial charge in [0.1, 0.15) is 11.2 Å². The van der Waals surface area contributed by atoms with Crippen molar-refractivity contribution < 1.29 is 4.42 Å². The van der Waals surface area contributed by atoms with E-state index in [2.05, 4.69) is 167 Å². The van der Waals surface area contributed by atoms with E-state index in [1.54, 1.807) is 0 Å². The fourth-order valence-corrected chi connectivity index (χ4v) is 11.4. The zero-order valence-electron chi connectivity index (χ0n) is 33.9. The minimum atomic E-state index is 0.141. The van der Waals surface area contributed by atoms with Crippen molar-refractivity contribution in [2.24, 2.45) is 0 Å². The maximum Gasteiger partial charge on any atom is 0.226 e. The molecule has 298 valence electrons. The Hall–Kier alpha value is -7.90. The molecule has 0 atom stereocenters. The molecule has 0 fully saturated rings. The van der Waals surface area contributed by atoms with Crippen molar-refractivity contribution in [3.8, 4) is 45.0 Å². The maximum absolute atomic E-state index is 6.51. The van der Waals surface area contributed by atoms with Crippen LogP contribution in [0.5, 0.6) is 0 Å². The Labute approximate surface area is 373 Å². The van der Waals surface area contributed by atoms with Gasteiger partial charge in [-0.3, -0.25) is 0 Å². The second kappa shape index (κ2) is 13.5. The normalized spacial score (nSPS) is 12.1. The molecule has 0 radical (unpaired) electrons. The van der Waals surface area contributed by atoms with Gasteiger partial charge in [-0.05, 0) is 86.1 Å². The van der Waals surface area contributed by atoms with Gasteiger partial charge < -0.3 is 9.40 Å². The zero-order valence-corrected chi connectivity index (χ0v) is 35.4. The number of benzene rings is 10. The van der Waals surface area contributed by atoms with Gasteiger partial charge in [-0.1, -0.05) is 146 Å². The van der Waals surface area contributed by atoms with E-state index in [0.717, 1.165) is 49.4 Å². The number of rotatable bonds is 4. The topological polar surface area (TPSA) is 67.6 Å². The first-order valence-corrected chi connectivity index (χ1v) is 22.5. The van der Waals surface area contributed by atoms with Crippen LogP contribution in [0.1, 0.15) is 0 Å². The third-order valence-electron chi connectivity index (χ3n) is 13.0. The van der Waals surface area contributed by atoms with Crippen LogP contribution in [0.25, 0.3) is 141 Å². The minimum Gasteiger partial charge on any atom is -0.456 e. The van der Waals surface area contributed by atoms with E-state index in [4.69, 9.17) is 21.0 Å². The average molecular weight is 855 g/mol. The zero-order chi connectivity index (χ0) is 42.0. The maximum atomic E-state index is 6.51. The molecule has 10 aromatic carbocycles. The number of nitrogens with zero attached hydrogens (tertiary/aromatic N) is 3. The van der Waals surface area contributed by atoms with Crippen LogP contribution in [0, 0.1) is 0 Å². The highest BCUT2D eigenvalue weighted by Gasteiger charge is 2.19. The molecule has 0 saturated heterocycles. The fraction of sp³-hybridized carbons (Fsp3) is 0. The SMILES string of the molecule is Clc1nc(-c2ccc3ccccc3c2)nc(-c2ccc3c(c2)oc2ccc(-c4cccc5c4ccc4sc6c(-c7cccc8c7[nH]c7c9ccccc9ccc87)cccc6c45)cc23)n1. The molecular formula is C57H31ClN4OS. The number of H-pyrrole nitrogens is 1. The number of fused-ring (bicyclic) bond motifs is 14. The summed E-state index contributed by atoms with van der Waals surface area (Å²) in [5.41, 5.74) is 10.4. The molecule has 4 heterocycles. The summed E-state index contributed by atoms with van der Waals surface area (Å²) < 4.78 is 9.06. The van der Waals surface area contributed by atoms with Crippen LogP contribution in [-0.2, 0) is 0 Å². The molecule has 5 nitrogen and oxygen atoms in total. The van der Waals surface area contributed by atoms with Crippen LogP contribution in [0.15, 0.2) is 186 Å². The predicted molar refractivity (Wildman–Crippen MR) is 269 cm³/mol. The minimum absolute atomic E-state index is 0.141. The first-order chi connectivity index (χ1) is 31.6. The number of furan rings is 1. The van der Waals surface area contributed by atoms with Crippen molar-refractivity contribution in [2.45, 2.75) is 0 Å². The van der Waals surface area contributed by atoms with Crippen LogP contribution >= 0.6 is 22.9 Å². The summed E-state index contributed by atoms with van der Waals surface area (Å²) >= 11 is 8.39. The summed E-state index contributed by atoms with van der Waals surface area (Å²) in [4.78, 5) is 17.7. The molecule has 64 heavy (non-hydrogen) atoms. The largest absolute Gasteiger partial charge is 0.456 e. The van der Waals surface area contributed by atoms with E-state index in [9.17, 15) is 0 Å². The number of para-hydroxylation sites is 1. The molecule has 0 aliphatic carbocycles. The molecule has 14 aromatic rings. The van der Waals surface area contributed by atoms with E-state index in [1.165, 1.54) is 80.2 Å². The average Bonchev–Trinajstić information content (AvgIpc) is 4.05. The third-order valence-corrected chi connectivity index (χ3v) is 14.4. The Balaban J connectivity index is 0.864. The highest BCUT2D eigenvalue weighted by atomic mass is 35.5. The molecular weight excluding hydrogens is 824 g/mol. The number of aromatic amines is 1. The van der Waals surface area contributed by atoms with Crippen molar-refractivity contribution in [3.63, 3.8) is 0 Å². The number of halogens is 1. The first kappa shape index (κ1) is 35.7. The van der Waals surface area contributed by atoms with Crippen LogP contribution < -0.4 is 0 Å². The van der Waals surface area contributed by atoms with Gasteiger partial charge in [0.2, 0.25) is 5.28 Å². The van der Waals surface area contributed by atoms with Gasteiger partial charge in [0.15, 0.2) is 11.6 Å². The molecule has 0 saturated carbocycles. The number of thiophene rings is 1. The van der Waals surface area contributed by atoms with Crippen LogP contribution in [0.4, 0.5) is 0 Å². The van der Waals surface area contributed by atoms with Crippen LogP contribution in [-0.4, -0.2) is 19.9 Å². The van der Waals surface area contributed by atoms with Gasteiger partial charge in [0.05, 0.1) is 11.0 Å². The second-order valence-corrected chi connectivity index (χ2v) is 17.9. The lowest BCUT2D eigenvalue weighted by Gasteiger charge is -2.09. The summed E-state index contributed by atoms with van der Waals surface area (Å²) in [5, 5.41) is 14.5. The van der Waals surface area contributed by atoms with Crippen LogP contribution in [0.3, 0.4) is 0 Å². The van der Waals surface area contributed by atoms with Crippen molar-refractivity contribution in [2.75, 3.05) is 0 Å². The van der Waals surface area contributed by atoms with Crippen molar-refractivity contribution in [1.82, 2.24) is 19.9 Å². The summed E-state index contributed by atoms with van der Waals surface area (Å²) in [6.07, 6.45) is 0. The lowest BCUT2D eigenvalue weighted by Crippen LogP contribution is -1.97. The fourth-order valence-electron chi connectivity index (χ4n) is 10.0. The van der Waals surface area contributed by atoms with Gasteiger partial charge >= 0.3 is 0 Å². The number of hydrogen-bond donors (Lipinski definition) is 1. The van der Waals surface area contributed by atoms with E-state index < -0.39 is 0 Å². The smallest absolute Gasteiger partial charge is 0.226 e. The molecule has 0 unspecified atom stereocenters. The molecule has 14 rings (SSSR count). The lowest BCUT2D eigenvalue weighted by atomic mass is 9.94. The standard InChI is InChI=1S/C57H31ClN4OS/c58-57-61-55(35-19-18-31-8-1-2-10-33(31)28-35)60-56(62-57)36-21-23-40-47-29-34(22-26-48(47)63-49(40)30-36)37-12-5-13-41-39(37)25-27-50-51(41)46-17-7-16-45(54(46)64-50)43-15-6-14-42-44-24-20-32-9-3-4-11-38(32)52(44)59-53(42)43/h1-30,59H. The molecule has 0 aliphatic rings. The molecule has 7 heteroatoms. The molecule has 4 aromatic heterocycles. The van der Waals surface area contributed by atoms with Gasteiger partial charge in [-0.2, -0.15) is 9.97 Å². The van der Waals surface area contributed by atoms with Crippen molar-refractivity contribution in [1.29, 1.82) is 0 Å². The first-order valence-electron chi connectivity index (χ1n) is 21.3. The van der Waals surface area contributed by atoms with Gasteiger partial charge in [-0.15, -0.1) is 11.3 Å². The predicted octanol–water partition coefficient (Wildman–Crippen LogP) is 16.6. The molecule has 0 bridgehead atoms. The van der Waals surface area contributed by atoms with E-state index in [1.807, 2.05) is 41.7 Å². The summed E-state index contributed by atoms with van der Waals surface area (Å²) in [6, 6.07) is 64.9. The summed E-state index contributed by atoms with van der Waals surface area (Å²) in [5.74, 6) is 1.01. The molecule has 0 aliphatic heterocycles. The van der Waals surface area contributed by atoms with Crippen molar-refractivity contribution >= 4 is 119 Å². The Morgan fingerprint density at radius 2 is 1.06 bits per heavy atom. The van der Waals surface area contributed by atoms with E-state index >= 15 is 0 Å². The Kier molecular flexibility index (Phi) is 7.55. The van der Waals surface area contributed by atoms with Gasteiger partial charge in [-0.25, -0.2) is 4.98 Å². The van der Waals surface area contributed by atoms with Gasteiger partial charge in [0, 0.05) is 69.4 Å². The highest BCUT2D eigenvalue weighted by molar-refractivity contribution is 7.26. The number of nitrogens with one attached hydrogen (secondary N) is 1. The number of hydrogen-bond acceptors (Lipinski definition) is 5. The Bertz CT molecular complexity index is 4300. The lowest BCUT2D eigenvalue weighted by molar-refractivity contribution is 0.669. The van der Waals surface area contributed by atoms with Gasteiger partial charge in [0.25, 0.3) is 0 Å². The van der Waals surface area contributed by atoms with E-state index in [-0.39, 0.29) is 5.28 Å². The Morgan fingerprint density at radius 1 is 0.406 bits per heavy atom. The van der Waals surface area contributed by atoms with Crippen LogP contribution in [0.2, 0.25) is 5.28 Å². The molecule has 0 spiro atoms. The van der Waals surface area contributed by atoms with E-state index in [0.29, 0.717) is 11.6 Å². The Morgan fingerprint density at radius 3 is 1.95 bits per heavy atom. The highest BCUT2D eigenvalue weighted by Crippen LogP contribution is 2.46. The quantitative estimate of drug-likeness (QED) is 0.191. The summed E-state index contributed by atoms with van der Waals surface area (Å²) in [6.45, 7) is 0. The molecule has 0 amide bonds. The third kappa shape index (κ3) is 5.33. The number of aromatic nitrogens is 4.